The number of aromatic nitrogens is 1. The van der Waals surface area contributed by atoms with Crippen molar-refractivity contribution in [2.45, 2.75) is 50.5 Å². The van der Waals surface area contributed by atoms with Crippen molar-refractivity contribution in [3.05, 3.63) is 58.6 Å². The van der Waals surface area contributed by atoms with Gasteiger partial charge in [-0.05, 0) is 55.7 Å². The molecule has 1 aliphatic rings. The lowest BCUT2D eigenvalue weighted by atomic mass is 10.2. The van der Waals surface area contributed by atoms with Crippen LogP contribution in [0.2, 0.25) is 0 Å². The van der Waals surface area contributed by atoms with Crippen molar-refractivity contribution in [3.8, 4) is 0 Å². The number of sulfonamides is 1. The van der Waals surface area contributed by atoms with E-state index in [0.29, 0.717) is 35.5 Å². The molecule has 3 aromatic rings. The maximum Gasteiger partial charge on any atom is 0.279 e. The zero-order chi connectivity index (χ0) is 22.7. The number of hydrogen-bond donors (Lipinski definition) is 0. The first-order valence-corrected chi connectivity index (χ1v) is 13.1. The van der Waals surface area contributed by atoms with E-state index >= 15 is 0 Å². The molecule has 32 heavy (non-hydrogen) atoms. The molecule has 0 atom stereocenters. The molecule has 0 bridgehead atoms. The minimum absolute atomic E-state index is 0.181. The van der Waals surface area contributed by atoms with Crippen LogP contribution in [0.25, 0.3) is 10.2 Å². The van der Waals surface area contributed by atoms with E-state index in [0.717, 1.165) is 36.8 Å². The van der Waals surface area contributed by atoms with Crippen LogP contribution in [-0.2, 0) is 16.6 Å². The lowest BCUT2D eigenvalue weighted by molar-refractivity contribution is 0.0997. The topological polar surface area (TPSA) is 71.7 Å². The van der Waals surface area contributed by atoms with Gasteiger partial charge in [0.2, 0.25) is 10.0 Å². The van der Waals surface area contributed by atoms with Gasteiger partial charge in [-0.15, -0.1) is 0 Å². The van der Waals surface area contributed by atoms with Crippen molar-refractivity contribution >= 4 is 37.5 Å². The molecule has 2 aromatic carbocycles. The zero-order valence-electron chi connectivity index (χ0n) is 18.0. The molecule has 0 unspecified atom stereocenters. The van der Waals surface area contributed by atoms with Crippen molar-refractivity contribution in [2.75, 3.05) is 13.1 Å². The molecule has 0 saturated carbocycles. The van der Waals surface area contributed by atoms with Crippen LogP contribution in [0.1, 0.15) is 49.4 Å². The van der Waals surface area contributed by atoms with Crippen LogP contribution in [0.4, 0.5) is 4.39 Å². The van der Waals surface area contributed by atoms with Crippen molar-refractivity contribution in [3.63, 3.8) is 0 Å². The predicted molar refractivity (Wildman–Crippen MR) is 124 cm³/mol. The van der Waals surface area contributed by atoms with Crippen molar-refractivity contribution < 1.29 is 17.6 Å². The molecule has 170 valence electrons. The third kappa shape index (κ3) is 4.55. The first-order valence-electron chi connectivity index (χ1n) is 10.9. The van der Waals surface area contributed by atoms with Gasteiger partial charge in [0.15, 0.2) is 4.80 Å². The fraction of sp³-hybridized carbons (Fsp3) is 0.391. The molecule has 1 saturated heterocycles. The Balaban J connectivity index is 1.64. The maximum atomic E-state index is 14.4. The van der Waals surface area contributed by atoms with Gasteiger partial charge in [-0.25, -0.2) is 12.8 Å². The largest absolute Gasteiger partial charge is 0.314 e. The minimum Gasteiger partial charge on any atom is -0.314 e. The zero-order valence-corrected chi connectivity index (χ0v) is 19.6. The Morgan fingerprint density at radius 1 is 1.06 bits per heavy atom. The van der Waals surface area contributed by atoms with E-state index in [1.165, 1.54) is 46.0 Å². The molecule has 9 heteroatoms. The van der Waals surface area contributed by atoms with Crippen LogP contribution in [0.3, 0.4) is 0 Å². The number of amides is 1. The van der Waals surface area contributed by atoms with E-state index < -0.39 is 15.9 Å². The van der Waals surface area contributed by atoms with Crippen LogP contribution in [0.15, 0.2) is 52.4 Å². The number of benzene rings is 2. The molecular weight excluding hydrogens is 449 g/mol. The molecule has 0 aliphatic carbocycles. The third-order valence-corrected chi connectivity index (χ3v) is 8.56. The molecule has 0 radical (unpaired) electrons. The van der Waals surface area contributed by atoms with Gasteiger partial charge in [0.1, 0.15) is 5.82 Å². The van der Waals surface area contributed by atoms with Crippen LogP contribution < -0.4 is 4.80 Å². The normalized spacial score (nSPS) is 16.4. The highest BCUT2D eigenvalue weighted by atomic mass is 32.2. The summed E-state index contributed by atoms with van der Waals surface area (Å²) in [4.78, 5) is 17.7. The second-order valence-corrected chi connectivity index (χ2v) is 10.8. The second-order valence-electron chi connectivity index (χ2n) is 7.88. The van der Waals surface area contributed by atoms with E-state index in [9.17, 15) is 17.6 Å². The SMILES string of the molecule is CCCn1c(=NC(=O)c2ccc(S(=O)(=O)N3CCCCCC3)cc2)sc2cccc(F)c21. The number of fused-ring (bicyclic) bond motifs is 1. The summed E-state index contributed by atoms with van der Waals surface area (Å²) in [5.41, 5.74) is 0.741. The summed E-state index contributed by atoms with van der Waals surface area (Å²) in [6.45, 7) is 3.57. The van der Waals surface area contributed by atoms with E-state index in [2.05, 4.69) is 4.99 Å². The van der Waals surface area contributed by atoms with Crippen LogP contribution in [0.5, 0.6) is 0 Å². The third-order valence-electron chi connectivity index (χ3n) is 5.60. The highest BCUT2D eigenvalue weighted by molar-refractivity contribution is 7.89. The van der Waals surface area contributed by atoms with Crippen LogP contribution in [-0.4, -0.2) is 36.3 Å². The van der Waals surface area contributed by atoms with E-state index in [-0.39, 0.29) is 10.7 Å². The van der Waals surface area contributed by atoms with Gasteiger partial charge in [-0.2, -0.15) is 9.30 Å². The Hall–Kier alpha value is -2.36. The van der Waals surface area contributed by atoms with Gasteiger partial charge in [0.05, 0.1) is 15.1 Å². The molecule has 0 N–H and O–H groups in total. The van der Waals surface area contributed by atoms with Gasteiger partial charge in [0.25, 0.3) is 5.91 Å². The monoisotopic (exact) mass is 475 g/mol. The highest BCUT2D eigenvalue weighted by Gasteiger charge is 2.25. The maximum absolute atomic E-state index is 14.4. The second kappa shape index (κ2) is 9.64. The summed E-state index contributed by atoms with van der Waals surface area (Å²) >= 11 is 1.26. The van der Waals surface area contributed by atoms with Crippen molar-refractivity contribution in [1.82, 2.24) is 8.87 Å². The van der Waals surface area contributed by atoms with Gasteiger partial charge in [-0.1, -0.05) is 37.2 Å². The average molecular weight is 476 g/mol. The number of rotatable bonds is 5. The van der Waals surface area contributed by atoms with E-state index in [4.69, 9.17) is 0 Å². The molecule has 6 nitrogen and oxygen atoms in total. The van der Waals surface area contributed by atoms with Crippen LogP contribution in [0, 0.1) is 5.82 Å². The average Bonchev–Trinajstić information content (AvgIpc) is 2.94. The van der Waals surface area contributed by atoms with E-state index in [1.807, 2.05) is 6.92 Å². The molecule has 2 heterocycles. The molecule has 1 amide bonds. The fourth-order valence-electron chi connectivity index (χ4n) is 3.96. The first-order chi connectivity index (χ1) is 15.4. The first kappa shape index (κ1) is 22.8. The summed E-state index contributed by atoms with van der Waals surface area (Å²) in [6.07, 6.45) is 4.58. The Morgan fingerprint density at radius 2 is 1.75 bits per heavy atom. The molecular formula is C23H26FN3O3S2. The number of aryl methyl sites for hydroxylation is 1. The Morgan fingerprint density at radius 3 is 2.41 bits per heavy atom. The standard InChI is InChI=1S/C23H26FN3O3S2/c1-2-14-27-21-19(24)8-7-9-20(21)31-23(27)25-22(28)17-10-12-18(13-11-17)32(29,30)26-15-5-3-4-6-16-26/h7-13H,2-6,14-16H2,1H3. The number of thiazole rings is 1. The van der Waals surface area contributed by atoms with Gasteiger partial charge >= 0.3 is 0 Å². The number of para-hydroxylation sites is 1. The summed E-state index contributed by atoms with van der Waals surface area (Å²) in [5.74, 6) is -0.829. The lowest BCUT2D eigenvalue weighted by Gasteiger charge is -2.19. The van der Waals surface area contributed by atoms with Gasteiger partial charge in [0, 0.05) is 25.2 Å². The molecule has 0 spiro atoms. The number of hydrogen-bond acceptors (Lipinski definition) is 4. The molecule has 4 rings (SSSR count). The highest BCUT2D eigenvalue weighted by Crippen LogP contribution is 2.22. The van der Waals surface area contributed by atoms with E-state index in [1.54, 1.807) is 16.7 Å². The van der Waals surface area contributed by atoms with Gasteiger partial charge < -0.3 is 4.57 Å². The number of halogens is 1. The molecule has 1 fully saturated rings. The quantitative estimate of drug-likeness (QED) is 0.543. The van der Waals surface area contributed by atoms with Crippen molar-refractivity contribution in [1.29, 1.82) is 0 Å². The lowest BCUT2D eigenvalue weighted by Crippen LogP contribution is -2.31. The summed E-state index contributed by atoms with van der Waals surface area (Å²) in [6, 6.07) is 10.8. The van der Waals surface area contributed by atoms with Crippen LogP contribution >= 0.6 is 11.3 Å². The molecule has 1 aliphatic heterocycles. The number of nitrogens with zero attached hydrogens (tertiary/aromatic N) is 3. The Bertz CT molecular complexity index is 1290. The fourth-order valence-corrected chi connectivity index (χ4v) is 6.54. The predicted octanol–water partition coefficient (Wildman–Crippen LogP) is 4.56. The van der Waals surface area contributed by atoms with Gasteiger partial charge in [-0.3, -0.25) is 4.79 Å². The number of carbonyl (C=O) groups excluding carboxylic acids is 1. The summed E-state index contributed by atoms with van der Waals surface area (Å²) < 4.78 is 44.2. The summed E-state index contributed by atoms with van der Waals surface area (Å²) in [7, 11) is -3.58. The van der Waals surface area contributed by atoms with Crippen molar-refractivity contribution in [2.24, 2.45) is 4.99 Å². The Labute approximate surface area is 191 Å². The minimum atomic E-state index is -3.58. The summed E-state index contributed by atoms with van der Waals surface area (Å²) in [5, 5.41) is 0. The number of carbonyl (C=O) groups is 1. The smallest absolute Gasteiger partial charge is 0.279 e. The Kier molecular flexibility index (Phi) is 6.88. The molecule has 1 aromatic heterocycles.